The van der Waals surface area contributed by atoms with E-state index in [1.54, 1.807) is 0 Å². The van der Waals surface area contributed by atoms with E-state index in [0.717, 1.165) is 40.4 Å². The number of hydrogen-bond acceptors (Lipinski definition) is 2. The number of fused-ring (bicyclic) bond motifs is 7. The molecule has 3 heteroatoms. The Morgan fingerprint density at radius 2 is 1.08 bits per heavy atom. The molecule has 0 fully saturated rings. The third kappa shape index (κ3) is 4.21. The Bertz CT molecular complexity index is 2650. The predicted molar refractivity (Wildman–Crippen MR) is 198 cm³/mol. The number of benzene rings is 7. The molecular weight excluding hydrogens is 583 g/mol. The van der Waals surface area contributed by atoms with Crippen molar-refractivity contribution in [3.63, 3.8) is 0 Å². The summed E-state index contributed by atoms with van der Waals surface area (Å²) in [5, 5.41) is 4.98. The van der Waals surface area contributed by atoms with Gasteiger partial charge in [0.25, 0.3) is 0 Å². The molecule has 0 saturated carbocycles. The van der Waals surface area contributed by atoms with Gasteiger partial charge >= 0.3 is 0 Å². The van der Waals surface area contributed by atoms with Crippen LogP contribution in [0, 0.1) is 0 Å². The van der Waals surface area contributed by atoms with Gasteiger partial charge in [-0.25, -0.2) is 9.97 Å². The van der Waals surface area contributed by atoms with E-state index in [-0.39, 0.29) is 0 Å². The lowest BCUT2D eigenvalue weighted by Gasteiger charge is -2.12. The Kier molecular flexibility index (Phi) is 5.94. The summed E-state index contributed by atoms with van der Waals surface area (Å²) in [4.78, 5) is 10.4. The number of aromatic nitrogens is 3. The molecule has 7 aromatic carbocycles. The van der Waals surface area contributed by atoms with Gasteiger partial charge in [0.1, 0.15) is 0 Å². The zero-order valence-electron chi connectivity index (χ0n) is 26.1. The zero-order valence-corrected chi connectivity index (χ0v) is 26.1. The molecule has 224 valence electrons. The molecule has 10 rings (SSSR count). The Hall–Kier alpha value is -6.32. The van der Waals surface area contributed by atoms with Crippen molar-refractivity contribution < 1.29 is 0 Å². The van der Waals surface area contributed by atoms with Gasteiger partial charge in [0, 0.05) is 45.1 Å². The first-order valence-corrected chi connectivity index (χ1v) is 16.5. The molecule has 0 spiro atoms. The Morgan fingerprint density at radius 1 is 0.438 bits per heavy atom. The van der Waals surface area contributed by atoms with Crippen LogP contribution in [0.25, 0.3) is 83.3 Å². The van der Waals surface area contributed by atoms with Crippen molar-refractivity contribution in [2.75, 3.05) is 0 Å². The largest absolute Gasteiger partial charge is 0.309 e. The van der Waals surface area contributed by atoms with Gasteiger partial charge in [-0.05, 0) is 57.8 Å². The smallest absolute Gasteiger partial charge is 0.160 e. The number of rotatable bonds is 4. The minimum atomic E-state index is 0.758. The minimum Gasteiger partial charge on any atom is -0.309 e. The fraction of sp³-hybridized carbons (Fsp3) is 0.0222. The Morgan fingerprint density at radius 3 is 1.90 bits per heavy atom. The lowest BCUT2D eigenvalue weighted by atomic mass is 9.99. The third-order valence-corrected chi connectivity index (χ3v) is 9.81. The fourth-order valence-electron chi connectivity index (χ4n) is 7.53. The first-order valence-electron chi connectivity index (χ1n) is 16.5. The van der Waals surface area contributed by atoms with Crippen molar-refractivity contribution in [1.29, 1.82) is 0 Å². The van der Waals surface area contributed by atoms with Gasteiger partial charge in [-0.15, -0.1) is 0 Å². The monoisotopic (exact) mass is 611 g/mol. The molecule has 48 heavy (non-hydrogen) atoms. The molecule has 2 aromatic heterocycles. The van der Waals surface area contributed by atoms with E-state index >= 15 is 0 Å². The van der Waals surface area contributed by atoms with Crippen LogP contribution in [-0.2, 0) is 6.42 Å². The molecule has 0 atom stereocenters. The second kappa shape index (κ2) is 10.6. The lowest BCUT2D eigenvalue weighted by molar-refractivity contribution is 1.13. The molecule has 0 radical (unpaired) electrons. The zero-order chi connectivity index (χ0) is 31.6. The Balaban J connectivity index is 1.10. The van der Waals surface area contributed by atoms with E-state index in [1.165, 1.54) is 60.4 Å². The summed E-state index contributed by atoms with van der Waals surface area (Å²) in [7, 11) is 0. The van der Waals surface area contributed by atoms with E-state index < -0.39 is 0 Å². The highest BCUT2D eigenvalue weighted by Gasteiger charge is 2.26. The summed E-state index contributed by atoms with van der Waals surface area (Å²) in [6.45, 7) is 0. The quantitative estimate of drug-likeness (QED) is 0.198. The van der Waals surface area contributed by atoms with Crippen LogP contribution in [-0.4, -0.2) is 14.5 Å². The van der Waals surface area contributed by atoms with Crippen LogP contribution in [0.1, 0.15) is 11.1 Å². The van der Waals surface area contributed by atoms with Gasteiger partial charge in [-0.1, -0.05) is 133 Å². The van der Waals surface area contributed by atoms with Crippen LogP contribution in [0.5, 0.6) is 0 Å². The molecule has 2 heterocycles. The van der Waals surface area contributed by atoms with Crippen molar-refractivity contribution in [3.05, 3.63) is 175 Å². The van der Waals surface area contributed by atoms with Crippen LogP contribution in [0.15, 0.2) is 164 Å². The van der Waals surface area contributed by atoms with Crippen molar-refractivity contribution in [1.82, 2.24) is 14.5 Å². The van der Waals surface area contributed by atoms with E-state index in [0.29, 0.717) is 0 Å². The number of para-hydroxylation sites is 2. The summed E-state index contributed by atoms with van der Waals surface area (Å²) in [6.07, 6.45) is 0.794. The molecule has 1 aliphatic rings. The van der Waals surface area contributed by atoms with E-state index in [9.17, 15) is 0 Å². The molecule has 0 amide bonds. The van der Waals surface area contributed by atoms with Gasteiger partial charge in [0.2, 0.25) is 0 Å². The van der Waals surface area contributed by atoms with Gasteiger partial charge in [-0.2, -0.15) is 0 Å². The summed E-state index contributed by atoms with van der Waals surface area (Å²) in [6, 6.07) is 58.6. The fourth-order valence-corrected chi connectivity index (χ4v) is 7.53. The molecule has 0 aliphatic heterocycles. The van der Waals surface area contributed by atoms with Gasteiger partial charge < -0.3 is 4.57 Å². The SMILES string of the molecule is c1ccc(-c2nc(-c3ccc4ccccc4c3)c3c(n2)-c2ccc(-c4cccc(-n5c6ccccc6c6ccccc65)c4)cc2C3)cc1. The molecule has 9 aromatic rings. The van der Waals surface area contributed by atoms with Crippen LogP contribution >= 0.6 is 0 Å². The highest BCUT2D eigenvalue weighted by molar-refractivity contribution is 6.09. The maximum absolute atomic E-state index is 5.23. The maximum atomic E-state index is 5.23. The topological polar surface area (TPSA) is 30.7 Å². The summed E-state index contributed by atoms with van der Waals surface area (Å²) in [5.41, 5.74) is 13.8. The van der Waals surface area contributed by atoms with Gasteiger partial charge in [0.05, 0.1) is 22.4 Å². The molecule has 0 bridgehead atoms. The van der Waals surface area contributed by atoms with Gasteiger partial charge in [-0.3, -0.25) is 0 Å². The molecule has 3 nitrogen and oxygen atoms in total. The van der Waals surface area contributed by atoms with Crippen molar-refractivity contribution in [2.45, 2.75) is 6.42 Å². The average molecular weight is 612 g/mol. The highest BCUT2D eigenvalue weighted by atomic mass is 15.0. The highest BCUT2D eigenvalue weighted by Crippen LogP contribution is 2.43. The van der Waals surface area contributed by atoms with Crippen LogP contribution in [0.4, 0.5) is 0 Å². The molecule has 0 saturated heterocycles. The Labute approximate surface area is 278 Å². The van der Waals surface area contributed by atoms with Crippen molar-refractivity contribution in [3.8, 4) is 50.7 Å². The third-order valence-electron chi connectivity index (χ3n) is 9.81. The lowest BCUT2D eigenvalue weighted by Crippen LogP contribution is -1.99. The van der Waals surface area contributed by atoms with Crippen molar-refractivity contribution in [2.24, 2.45) is 0 Å². The average Bonchev–Trinajstić information content (AvgIpc) is 3.70. The summed E-state index contributed by atoms with van der Waals surface area (Å²) < 4.78 is 2.38. The number of hydrogen-bond donors (Lipinski definition) is 0. The van der Waals surface area contributed by atoms with Crippen LogP contribution in [0.3, 0.4) is 0 Å². The molecule has 0 unspecified atom stereocenters. The summed E-state index contributed by atoms with van der Waals surface area (Å²) in [5.74, 6) is 0.758. The van der Waals surface area contributed by atoms with E-state index in [2.05, 4.69) is 162 Å². The number of nitrogens with zero attached hydrogens (tertiary/aromatic N) is 3. The van der Waals surface area contributed by atoms with E-state index in [1.807, 2.05) is 6.07 Å². The second-order valence-corrected chi connectivity index (χ2v) is 12.6. The van der Waals surface area contributed by atoms with Crippen LogP contribution < -0.4 is 0 Å². The van der Waals surface area contributed by atoms with Crippen LogP contribution in [0.2, 0.25) is 0 Å². The standard InChI is InChI=1S/C45H29N3/c1-2-12-30(13-3-1)45-46-43(34-22-21-29-11-4-5-14-31(29)25-34)40-28-35-26-33(23-24-37(35)44(40)47-45)32-15-10-16-36(27-32)48-41-19-8-6-17-38(41)39-18-7-9-20-42(39)48/h1-27H,28H2. The van der Waals surface area contributed by atoms with Crippen molar-refractivity contribution >= 4 is 32.6 Å². The first-order chi connectivity index (χ1) is 23.8. The second-order valence-electron chi connectivity index (χ2n) is 12.6. The maximum Gasteiger partial charge on any atom is 0.160 e. The summed E-state index contributed by atoms with van der Waals surface area (Å²) >= 11 is 0. The molecular formula is C45H29N3. The first kappa shape index (κ1) is 26.9. The minimum absolute atomic E-state index is 0.758. The molecule has 1 aliphatic carbocycles. The predicted octanol–water partition coefficient (Wildman–Crippen LogP) is 11.3. The molecule has 0 N–H and O–H groups in total. The normalized spacial score (nSPS) is 12.1. The van der Waals surface area contributed by atoms with E-state index in [4.69, 9.17) is 9.97 Å². The van der Waals surface area contributed by atoms with Gasteiger partial charge in [0.15, 0.2) is 5.82 Å².